The zero-order valence-corrected chi connectivity index (χ0v) is 11.4. The Bertz CT molecular complexity index is 169. The molecular weight excluding hydrogens is 288 g/mol. The average molecular weight is 297 g/mol. The first-order valence-electron chi connectivity index (χ1n) is 2.74. The molecule has 0 atom stereocenters. The molecule has 0 nitrogen and oxygen atoms in total. The van der Waals surface area contributed by atoms with E-state index in [9.17, 15) is 0 Å². The standard InChI is InChI=1S/C8H9.HI.Zn/c1-7-4-3-5-8(2)6-7;;/h3-4,6H,1-2H3;1H;/q-1;;+2/p-1. The summed E-state index contributed by atoms with van der Waals surface area (Å²) in [5, 5.41) is 0. The van der Waals surface area contributed by atoms with E-state index < -0.39 is 0 Å². The molecule has 1 aromatic carbocycles. The minimum absolute atomic E-state index is 0. The Hall–Kier alpha value is 0.573. The molecule has 0 N–H and O–H groups in total. The van der Waals surface area contributed by atoms with Gasteiger partial charge in [-0.05, 0) is 0 Å². The smallest absolute Gasteiger partial charge is 1.00 e. The number of rotatable bonds is 0. The third-order valence-electron chi connectivity index (χ3n) is 1.10. The van der Waals surface area contributed by atoms with Gasteiger partial charge in [0.1, 0.15) is 0 Å². The van der Waals surface area contributed by atoms with E-state index in [-0.39, 0.29) is 43.5 Å². The molecule has 2 heteroatoms. The normalized spacial score (nSPS) is 7.40. The molecule has 0 saturated carbocycles. The number of halogens is 1. The van der Waals surface area contributed by atoms with E-state index in [1.54, 1.807) is 0 Å². The van der Waals surface area contributed by atoms with E-state index in [0.29, 0.717) is 0 Å². The largest absolute Gasteiger partial charge is 2.00 e. The maximum absolute atomic E-state index is 3.07. The van der Waals surface area contributed by atoms with Gasteiger partial charge in [0.25, 0.3) is 0 Å². The van der Waals surface area contributed by atoms with Gasteiger partial charge in [-0.1, -0.05) is 13.8 Å². The molecular formula is C8H9IZn. The fourth-order valence-corrected chi connectivity index (χ4v) is 0.736. The Morgan fingerprint density at radius 2 is 1.90 bits per heavy atom. The van der Waals surface area contributed by atoms with Crippen LogP contribution in [0, 0.1) is 19.9 Å². The van der Waals surface area contributed by atoms with E-state index in [4.69, 9.17) is 0 Å². The van der Waals surface area contributed by atoms with Crippen LogP contribution in [0.1, 0.15) is 11.1 Å². The molecule has 0 unspecified atom stereocenters. The zero-order valence-electron chi connectivity index (χ0n) is 6.32. The Morgan fingerprint density at radius 1 is 1.30 bits per heavy atom. The van der Waals surface area contributed by atoms with Gasteiger partial charge in [-0.3, -0.25) is 0 Å². The predicted molar refractivity (Wildman–Crippen MR) is 34.8 cm³/mol. The Morgan fingerprint density at radius 3 is 2.20 bits per heavy atom. The maximum Gasteiger partial charge on any atom is 2.00 e. The van der Waals surface area contributed by atoms with Crippen molar-refractivity contribution < 1.29 is 43.5 Å². The van der Waals surface area contributed by atoms with Crippen molar-refractivity contribution >= 4 is 0 Å². The number of hydrogen-bond acceptors (Lipinski definition) is 0. The summed E-state index contributed by atoms with van der Waals surface area (Å²) in [5.41, 5.74) is 2.52. The van der Waals surface area contributed by atoms with Crippen LogP contribution in [0.15, 0.2) is 18.2 Å². The summed E-state index contributed by atoms with van der Waals surface area (Å²) in [6.07, 6.45) is 0. The molecule has 0 aliphatic heterocycles. The van der Waals surface area contributed by atoms with Crippen molar-refractivity contribution in [1.29, 1.82) is 0 Å². The van der Waals surface area contributed by atoms with Crippen molar-refractivity contribution in [3.8, 4) is 0 Å². The summed E-state index contributed by atoms with van der Waals surface area (Å²) in [5.74, 6) is 0. The number of aryl methyl sites for hydroxylation is 2. The molecule has 0 saturated heterocycles. The molecule has 0 amide bonds. The van der Waals surface area contributed by atoms with Crippen LogP contribution >= 0.6 is 0 Å². The molecule has 1 aromatic rings. The average Bonchev–Trinajstić information content (AvgIpc) is 1.64. The van der Waals surface area contributed by atoms with Crippen LogP contribution in [0.2, 0.25) is 0 Å². The van der Waals surface area contributed by atoms with Gasteiger partial charge in [0.05, 0.1) is 0 Å². The van der Waals surface area contributed by atoms with E-state index in [1.807, 2.05) is 19.1 Å². The molecule has 10 heavy (non-hydrogen) atoms. The Kier molecular flexibility index (Phi) is 8.30. The van der Waals surface area contributed by atoms with Crippen molar-refractivity contribution in [2.45, 2.75) is 13.8 Å². The van der Waals surface area contributed by atoms with Crippen LogP contribution in [0.3, 0.4) is 0 Å². The fourth-order valence-electron chi connectivity index (χ4n) is 0.736. The quantitative estimate of drug-likeness (QED) is 0.331. The van der Waals surface area contributed by atoms with Crippen molar-refractivity contribution in [3.05, 3.63) is 35.4 Å². The van der Waals surface area contributed by atoms with Gasteiger partial charge < -0.3 is 24.0 Å². The second-order valence-corrected chi connectivity index (χ2v) is 2.05. The van der Waals surface area contributed by atoms with Crippen LogP contribution in [0.25, 0.3) is 0 Å². The van der Waals surface area contributed by atoms with Crippen molar-refractivity contribution in [3.63, 3.8) is 0 Å². The summed E-state index contributed by atoms with van der Waals surface area (Å²) in [6.45, 7) is 4.13. The molecule has 0 aliphatic rings. The van der Waals surface area contributed by atoms with E-state index in [1.165, 1.54) is 11.1 Å². The molecule has 0 heterocycles. The Balaban J connectivity index is 0. The molecule has 50 valence electrons. The Labute approximate surface area is 92.2 Å². The van der Waals surface area contributed by atoms with Crippen molar-refractivity contribution in [2.24, 2.45) is 0 Å². The molecule has 0 aromatic heterocycles. The van der Waals surface area contributed by atoms with E-state index >= 15 is 0 Å². The summed E-state index contributed by atoms with van der Waals surface area (Å²) in [7, 11) is 0. The maximum atomic E-state index is 3.07. The van der Waals surface area contributed by atoms with Gasteiger partial charge in [-0.2, -0.15) is 35.4 Å². The molecule has 0 bridgehead atoms. The first-order valence-corrected chi connectivity index (χ1v) is 2.74. The molecule has 0 fully saturated rings. The number of hydrogen-bond donors (Lipinski definition) is 0. The first kappa shape index (κ1) is 13.2. The van der Waals surface area contributed by atoms with Crippen LogP contribution < -0.4 is 24.0 Å². The van der Waals surface area contributed by atoms with Gasteiger partial charge in [-0.15, -0.1) is 0 Å². The van der Waals surface area contributed by atoms with Gasteiger partial charge >= 0.3 is 19.5 Å². The van der Waals surface area contributed by atoms with Gasteiger partial charge in [0, 0.05) is 0 Å². The minimum Gasteiger partial charge on any atom is -1.00 e. The van der Waals surface area contributed by atoms with Gasteiger partial charge in [0.2, 0.25) is 0 Å². The summed E-state index contributed by atoms with van der Waals surface area (Å²) in [4.78, 5) is 0. The van der Waals surface area contributed by atoms with Crippen molar-refractivity contribution in [2.75, 3.05) is 0 Å². The first-order chi connectivity index (χ1) is 3.79. The summed E-state index contributed by atoms with van der Waals surface area (Å²) < 4.78 is 0. The van der Waals surface area contributed by atoms with Crippen LogP contribution in [0.5, 0.6) is 0 Å². The van der Waals surface area contributed by atoms with E-state index in [2.05, 4.69) is 19.1 Å². The van der Waals surface area contributed by atoms with Crippen LogP contribution in [-0.4, -0.2) is 0 Å². The zero-order chi connectivity index (χ0) is 5.98. The third-order valence-corrected chi connectivity index (χ3v) is 1.10. The third kappa shape index (κ3) is 4.40. The summed E-state index contributed by atoms with van der Waals surface area (Å²) >= 11 is 0. The minimum atomic E-state index is 0. The van der Waals surface area contributed by atoms with Gasteiger partial charge in [-0.25, -0.2) is 0 Å². The van der Waals surface area contributed by atoms with Crippen molar-refractivity contribution in [1.82, 2.24) is 0 Å². The predicted octanol–water partition coefficient (Wildman–Crippen LogP) is -0.895. The fraction of sp³-hybridized carbons (Fsp3) is 0.250. The van der Waals surface area contributed by atoms with E-state index in [0.717, 1.165) is 0 Å². The molecule has 1 rings (SSSR count). The van der Waals surface area contributed by atoms with Crippen LogP contribution in [-0.2, 0) is 19.5 Å². The SMILES string of the molecule is Cc1[c-]ccc(C)c1.[I-].[Zn+2]. The number of benzene rings is 1. The molecule has 0 aliphatic carbocycles. The monoisotopic (exact) mass is 296 g/mol. The molecule has 0 spiro atoms. The topological polar surface area (TPSA) is 0 Å². The van der Waals surface area contributed by atoms with Crippen LogP contribution in [0.4, 0.5) is 0 Å². The second kappa shape index (κ2) is 6.29. The van der Waals surface area contributed by atoms with Gasteiger partial charge in [0.15, 0.2) is 0 Å². The second-order valence-electron chi connectivity index (χ2n) is 2.05. The molecule has 0 radical (unpaired) electrons. The summed E-state index contributed by atoms with van der Waals surface area (Å²) in [6, 6.07) is 9.18.